The molecule has 6 heteroatoms. The van der Waals surface area contributed by atoms with Crippen molar-refractivity contribution in [2.24, 2.45) is 0 Å². The van der Waals surface area contributed by atoms with E-state index in [9.17, 15) is 4.79 Å². The number of rotatable bonds is 3. The second-order valence-corrected chi connectivity index (χ2v) is 3.78. The molecule has 16 heavy (non-hydrogen) atoms. The average Bonchev–Trinajstić information content (AvgIpc) is 2.61. The van der Waals surface area contributed by atoms with Crippen molar-refractivity contribution in [2.75, 3.05) is 18.5 Å². The maximum absolute atomic E-state index is 10.6. The molecule has 0 aliphatic rings. The van der Waals surface area contributed by atoms with Crippen LogP contribution < -0.4 is 4.90 Å². The van der Waals surface area contributed by atoms with Gasteiger partial charge in [-0.25, -0.2) is 0 Å². The lowest BCUT2D eigenvalue weighted by Gasteiger charge is -2.12. The summed E-state index contributed by atoms with van der Waals surface area (Å²) in [4.78, 5) is 12.1. The Morgan fingerprint density at radius 3 is 3.06 bits per heavy atom. The quantitative estimate of drug-likeness (QED) is 0.889. The van der Waals surface area contributed by atoms with Crippen LogP contribution in [0.15, 0.2) is 22.7 Å². The van der Waals surface area contributed by atoms with Crippen LogP contribution in [0.3, 0.4) is 0 Å². The third kappa shape index (κ3) is 1.81. The molecule has 5 nitrogen and oxygen atoms in total. The molecule has 0 saturated heterocycles. The number of likely N-dealkylation sites (N-methyl/N-ethyl adjacent to an activating group) is 1. The number of carboxylic acid groups (broad SMARTS) is 1. The molecule has 2 aromatic rings. The predicted molar refractivity (Wildman–Crippen MR) is 59.9 cm³/mol. The van der Waals surface area contributed by atoms with Gasteiger partial charge in [0.1, 0.15) is 6.54 Å². The zero-order valence-electron chi connectivity index (χ0n) is 8.48. The molecular weight excluding hydrogens is 232 g/mol. The maximum atomic E-state index is 10.6. The summed E-state index contributed by atoms with van der Waals surface area (Å²) in [6.45, 7) is -0.145. The summed E-state index contributed by atoms with van der Waals surface area (Å²) in [7, 11) is 1.63. The van der Waals surface area contributed by atoms with Gasteiger partial charge < -0.3 is 14.5 Å². The summed E-state index contributed by atoms with van der Waals surface area (Å²) in [6.07, 6.45) is 0. The molecule has 0 amide bonds. The highest BCUT2D eigenvalue weighted by molar-refractivity contribution is 6.35. The summed E-state index contributed by atoms with van der Waals surface area (Å²) in [5.41, 5.74) is 0.469. The Morgan fingerprint density at radius 2 is 2.38 bits per heavy atom. The number of nitrogens with zero attached hydrogens (tertiary/aromatic N) is 2. The van der Waals surface area contributed by atoms with Crippen molar-refractivity contribution in [1.29, 1.82) is 0 Å². The number of hydrogen-bond donors (Lipinski definition) is 1. The highest BCUT2D eigenvalue weighted by atomic mass is 35.5. The van der Waals surface area contributed by atoms with E-state index in [2.05, 4.69) is 5.16 Å². The number of fused-ring (bicyclic) bond motifs is 1. The van der Waals surface area contributed by atoms with Crippen molar-refractivity contribution in [1.82, 2.24) is 5.16 Å². The van der Waals surface area contributed by atoms with Gasteiger partial charge in [0.2, 0.25) is 0 Å². The van der Waals surface area contributed by atoms with Crippen LogP contribution >= 0.6 is 11.6 Å². The molecule has 84 valence electrons. The largest absolute Gasteiger partial charge is 0.480 e. The molecular formula is C10H9ClN2O3. The molecule has 0 saturated carbocycles. The molecule has 2 rings (SSSR count). The van der Waals surface area contributed by atoms with Crippen molar-refractivity contribution in [3.8, 4) is 0 Å². The monoisotopic (exact) mass is 240 g/mol. The number of aromatic nitrogens is 1. The third-order valence-electron chi connectivity index (χ3n) is 2.17. The number of carboxylic acids is 1. The lowest BCUT2D eigenvalue weighted by atomic mass is 10.2. The standard InChI is InChI=1S/C10H9ClN2O3/c1-13(5-8(14)15)10-6-3-2-4-7(11)9(6)16-12-10/h2-4H,5H2,1H3,(H,14,15). The molecule has 0 aliphatic heterocycles. The van der Waals surface area contributed by atoms with Gasteiger partial charge in [-0.05, 0) is 12.1 Å². The number of aliphatic carboxylic acids is 1. The molecule has 0 bridgehead atoms. The molecule has 0 fully saturated rings. The van der Waals surface area contributed by atoms with Crippen LogP contribution in [-0.4, -0.2) is 29.8 Å². The predicted octanol–water partition coefficient (Wildman–Crippen LogP) is 2.00. The van der Waals surface area contributed by atoms with Gasteiger partial charge in [0.25, 0.3) is 0 Å². The number of para-hydroxylation sites is 1. The third-order valence-corrected chi connectivity index (χ3v) is 2.46. The fourth-order valence-corrected chi connectivity index (χ4v) is 1.68. The Morgan fingerprint density at radius 1 is 1.62 bits per heavy atom. The number of carbonyl (C=O) groups is 1. The maximum Gasteiger partial charge on any atom is 0.323 e. The van der Waals surface area contributed by atoms with Crippen LogP contribution in [0, 0.1) is 0 Å². The van der Waals surface area contributed by atoms with Gasteiger partial charge in [-0.15, -0.1) is 0 Å². The molecule has 1 aromatic carbocycles. The highest BCUT2D eigenvalue weighted by Crippen LogP contribution is 2.30. The smallest absolute Gasteiger partial charge is 0.323 e. The lowest BCUT2D eigenvalue weighted by Crippen LogP contribution is -2.25. The van der Waals surface area contributed by atoms with Gasteiger partial charge >= 0.3 is 5.97 Å². The summed E-state index contributed by atoms with van der Waals surface area (Å²) in [6, 6.07) is 5.24. The van der Waals surface area contributed by atoms with E-state index in [0.29, 0.717) is 21.8 Å². The fourth-order valence-electron chi connectivity index (χ4n) is 1.47. The van der Waals surface area contributed by atoms with Gasteiger partial charge in [-0.2, -0.15) is 0 Å². The molecule has 0 unspecified atom stereocenters. The first-order valence-electron chi connectivity index (χ1n) is 4.56. The van der Waals surface area contributed by atoms with E-state index in [1.165, 1.54) is 4.90 Å². The first kappa shape index (κ1) is 10.8. The van der Waals surface area contributed by atoms with Gasteiger partial charge in [-0.1, -0.05) is 22.8 Å². The van der Waals surface area contributed by atoms with E-state index in [0.717, 1.165) is 0 Å². The Bertz CT molecular complexity index is 538. The van der Waals surface area contributed by atoms with Crippen LogP contribution in [0.25, 0.3) is 11.0 Å². The normalized spacial score (nSPS) is 10.6. The van der Waals surface area contributed by atoms with E-state index < -0.39 is 5.97 Å². The van der Waals surface area contributed by atoms with Crippen LogP contribution in [0.1, 0.15) is 0 Å². The van der Waals surface area contributed by atoms with Crippen molar-refractivity contribution < 1.29 is 14.4 Å². The van der Waals surface area contributed by atoms with E-state index in [-0.39, 0.29) is 6.54 Å². The van der Waals surface area contributed by atoms with Crippen molar-refractivity contribution >= 4 is 34.4 Å². The number of benzene rings is 1. The van der Waals surface area contributed by atoms with Gasteiger partial charge in [-0.3, -0.25) is 4.79 Å². The van der Waals surface area contributed by atoms with Gasteiger partial charge in [0, 0.05) is 7.05 Å². The Balaban J connectivity index is 2.46. The summed E-state index contributed by atoms with van der Waals surface area (Å²) < 4.78 is 5.07. The first-order chi connectivity index (χ1) is 7.59. The molecule has 1 N–H and O–H groups in total. The minimum Gasteiger partial charge on any atom is -0.480 e. The zero-order valence-corrected chi connectivity index (χ0v) is 9.23. The topological polar surface area (TPSA) is 66.6 Å². The molecule has 0 spiro atoms. The van der Waals surface area contributed by atoms with Gasteiger partial charge in [0.15, 0.2) is 11.4 Å². The van der Waals surface area contributed by atoms with Crippen LogP contribution in [0.5, 0.6) is 0 Å². The van der Waals surface area contributed by atoms with Crippen molar-refractivity contribution in [2.45, 2.75) is 0 Å². The summed E-state index contributed by atoms with van der Waals surface area (Å²) in [5.74, 6) is -0.458. The highest BCUT2D eigenvalue weighted by Gasteiger charge is 2.15. The average molecular weight is 241 g/mol. The van der Waals surface area contributed by atoms with E-state index >= 15 is 0 Å². The summed E-state index contributed by atoms with van der Waals surface area (Å²) in [5, 5.41) is 13.7. The Hall–Kier alpha value is -1.75. The van der Waals surface area contributed by atoms with E-state index in [1.54, 1.807) is 25.2 Å². The van der Waals surface area contributed by atoms with Crippen LogP contribution in [0.4, 0.5) is 5.82 Å². The number of hydrogen-bond acceptors (Lipinski definition) is 4. The first-order valence-corrected chi connectivity index (χ1v) is 4.94. The molecule has 0 aliphatic carbocycles. The molecule has 1 aromatic heterocycles. The van der Waals surface area contributed by atoms with Crippen LogP contribution in [-0.2, 0) is 4.79 Å². The zero-order chi connectivity index (χ0) is 11.7. The van der Waals surface area contributed by atoms with Crippen LogP contribution in [0.2, 0.25) is 5.02 Å². The minimum absolute atomic E-state index is 0.145. The van der Waals surface area contributed by atoms with E-state index in [1.807, 2.05) is 0 Å². The second-order valence-electron chi connectivity index (χ2n) is 3.37. The van der Waals surface area contributed by atoms with Crippen molar-refractivity contribution in [3.63, 3.8) is 0 Å². The molecule has 1 heterocycles. The Kier molecular flexibility index (Phi) is 2.70. The number of anilines is 1. The SMILES string of the molecule is CN(CC(=O)O)c1noc2c(Cl)cccc12. The van der Waals surface area contributed by atoms with E-state index in [4.69, 9.17) is 21.2 Å². The molecule has 0 radical (unpaired) electrons. The lowest BCUT2D eigenvalue weighted by molar-refractivity contribution is -0.135. The Labute approximate surface area is 96.2 Å². The second kappa shape index (κ2) is 4.02. The van der Waals surface area contributed by atoms with Gasteiger partial charge in [0.05, 0.1) is 10.4 Å². The van der Waals surface area contributed by atoms with Crippen molar-refractivity contribution in [3.05, 3.63) is 23.2 Å². The fraction of sp³-hybridized carbons (Fsp3) is 0.200. The summed E-state index contributed by atoms with van der Waals surface area (Å²) >= 11 is 5.91. The molecule has 0 atom stereocenters. The minimum atomic E-state index is -0.930. The number of halogens is 1.